The Labute approximate surface area is 204 Å². The lowest BCUT2D eigenvalue weighted by Gasteiger charge is -2.20. The number of rotatable bonds is 9. The largest absolute Gasteiger partial charge is 0.345 e. The van der Waals surface area contributed by atoms with Gasteiger partial charge < -0.3 is 10.7 Å². The number of fused-ring (bicyclic) bond motifs is 1. The van der Waals surface area contributed by atoms with Crippen molar-refractivity contribution >= 4 is 34.0 Å². The Morgan fingerprint density at radius 2 is 1.71 bits per heavy atom. The molecule has 4 rings (SSSR count). The first kappa shape index (κ1) is 23.8. The van der Waals surface area contributed by atoms with Crippen molar-refractivity contribution in [2.75, 3.05) is 0 Å². The fraction of sp³-hybridized carbons (Fsp3) is 0.200. The van der Waals surface area contributed by atoms with E-state index in [1.54, 1.807) is 31.2 Å². The third-order valence-corrected chi connectivity index (χ3v) is 6.73. The lowest BCUT2D eigenvalue weighted by atomic mass is 9.83. The van der Waals surface area contributed by atoms with Crippen molar-refractivity contribution in [3.05, 3.63) is 95.6 Å². The van der Waals surface area contributed by atoms with E-state index in [0.717, 1.165) is 29.2 Å². The van der Waals surface area contributed by atoms with Gasteiger partial charge in [0.05, 0.1) is 5.71 Å². The molecule has 0 spiro atoms. The van der Waals surface area contributed by atoms with Gasteiger partial charge in [-0.15, -0.1) is 6.42 Å². The molecular weight excluding hydrogens is 436 g/mol. The second-order valence-corrected chi connectivity index (χ2v) is 8.90. The summed E-state index contributed by atoms with van der Waals surface area (Å²) < 4.78 is 0. The smallest absolute Gasteiger partial charge is 0.292 e. The highest BCUT2D eigenvalue weighted by Gasteiger charge is 2.51. The van der Waals surface area contributed by atoms with E-state index in [9.17, 15) is 14.4 Å². The molecule has 174 valence electrons. The van der Waals surface area contributed by atoms with E-state index < -0.39 is 23.0 Å². The number of benzene rings is 3. The zero-order chi connectivity index (χ0) is 25.2. The van der Waals surface area contributed by atoms with Crippen molar-refractivity contribution in [1.29, 1.82) is 5.41 Å². The second-order valence-electron chi connectivity index (χ2n) is 8.90. The van der Waals surface area contributed by atoms with Gasteiger partial charge in [0.1, 0.15) is 0 Å². The normalized spacial score (nSPS) is 14.4. The topological polar surface area (TPSA) is 87.1 Å². The van der Waals surface area contributed by atoms with Crippen LogP contribution in [-0.4, -0.2) is 23.2 Å². The molecule has 3 aromatic carbocycles. The van der Waals surface area contributed by atoms with Gasteiger partial charge in [0.2, 0.25) is 11.6 Å². The van der Waals surface area contributed by atoms with E-state index >= 15 is 0 Å². The number of hydrogen-bond donors (Lipinski definition) is 2. The van der Waals surface area contributed by atoms with Crippen LogP contribution in [0.5, 0.6) is 0 Å². The summed E-state index contributed by atoms with van der Waals surface area (Å²) in [4.78, 5) is 38.2. The summed E-state index contributed by atoms with van der Waals surface area (Å²) in [7, 11) is 0. The van der Waals surface area contributed by atoms with Crippen LogP contribution in [-0.2, 0) is 21.5 Å². The van der Waals surface area contributed by atoms with Gasteiger partial charge in [-0.25, -0.2) is 0 Å². The lowest BCUT2D eigenvalue weighted by Crippen LogP contribution is -2.34. The minimum Gasteiger partial charge on any atom is -0.345 e. The molecule has 3 aromatic rings. The molecule has 0 aliphatic heterocycles. The molecule has 1 saturated carbocycles. The maximum absolute atomic E-state index is 13.5. The molecule has 0 bridgehead atoms. The first-order chi connectivity index (χ1) is 16.8. The predicted octanol–water partition coefficient (Wildman–Crippen LogP) is 4.78. The minimum atomic E-state index is -0.830. The van der Waals surface area contributed by atoms with Gasteiger partial charge in [-0.3, -0.25) is 14.4 Å². The zero-order valence-electron chi connectivity index (χ0n) is 19.6. The molecule has 1 aliphatic rings. The minimum absolute atomic E-state index is 0.0290. The maximum atomic E-state index is 13.5. The Kier molecular flexibility index (Phi) is 6.48. The van der Waals surface area contributed by atoms with E-state index in [1.165, 1.54) is 0 Å². The van der Waals surface area contributed by atoms with E-state index in [1.807, 2.05) is 42.5 Å². The Morgan fingerprint density at radius 3 is 2.43 bits per heavy atom. The molecule has 2 N–H and O–H groups in total. The highest BCUT2D eigenvalue weighted by Crippen LogP contribution is 2.51. The fourth-order valence-corrected chi connectivity index (χ4v) is 4.37. The third kappa shape index (κ3) is 4.43. The third-order valence-electron chi connectivity index (χ3n) is 6.73. The molecular formula is C30H26N2O3. The number of hydrogen-bond acceptors (Lipinski definition) is 4. The number of carbonyl (C=O) groups excluding carboxylic acids is 3. The Balaban J connectivity index is 1.56. The number of Topliss-reactive ketones (excluding diaryl/α,β-unsaturated/α-hetero) is 2. The Morgan fingerprint density at radius 1 is 1.06 bits per heavy atom. The molecule has 0 radical (unpaired) electrons. The zero-order valence-corrected chi connectivity index (χ0v) is 19.6. The first-order valence-electron chi connectivity index (χ1n) is 11.5. The standard InChI is InChI=1S/C30H26N2O3/c1-4-19(2)20(3)26(33)29(35)32-18-22-11-6-8-14-24(22)27(34)28(31)30(16-17-30)25-15-9-12-21-10-5-7-13-23(21)25/h1,5-15,19,31H,3,16-18H2,2H3,(H,32,35)/t19-/m1/s1. The predicted molar refractivity (Wildman–Crippen MR) is 137 cm³/mol. The summed E-state index contributed by atoms with van der Waals surface area (Å²) in [6, 6.07) is 20.8. The van der Waals surface area contributed by atoms with Crippen LogP contribution in [0.4, 0.5) is 0 Å². The van der Waals surface area contributed by atoms with Crippen LogP contribution in [0, 0.1) is 23.7 Å². The summed E-state index contributed by atoms with van der Waals surface area (Å²) >= 11 is 0. The van der Waals surface area contributed by atoms with Crippen molar-refractivity contribution < 1.29 is 14.4 Å². The van der Waals surface area contributed by atoms with Gasteiger partial charge in [0.15, 0.2) is 0 Å². The maximum Gasteiger partial charge on any atom is 0.292 e. The molecule has 0 aromatic heterocycles. The van der Waals surface area contributed by atoms with Crippen LogP contribution in [0.2, 0.25) is 0 Å². The summed E-state index contributed by atoms with van der Waals surface area (Å²) in [5.41, 5.74) is 1.33. The molecule has 0 heterocycles. The molecule has 0 unspecified atom stereocenters. The average molecular weight is 463 g/mol. The van der Waals surface area contributed by atoms with Crippen LogP contribution in [0.3, 0.4) is 0 Å². The number of amides is 1. The Bertz CT molecular complexity index is 1420. The number of carbonyl (C=O) groups is 3. The van der Waals surface area contributed by atoms with E-state index in [4.69, 9.17) is 11.8 Å². The summed E-state index contributed by atoms with van der Waals surface area (Å²) in [5, 5.41) is 13.6. The van der Waals surface area contributed by atoms with Crippen molar-refractivity contribution in [3.63, 3.8) is 0 Å². The highest BCUT2D eigenvalue weighted by molar-refractivity contribution is 6.49. The lowest BCUT2D eigenvalue weighted by molar-refractivity contribution is -0.136. The second kappa shape index (κ2) is 9.52. The summed E-state index contributed by atoms with van der Waals surface area (Å²) in [5.74, 6) is -0.148. The van der Waals surface area contributed by atoms with Crippen LogP contribution in [0.25, 0.3) is 10.8 Å². The molecule has 1 amide bonds. The van der Waals surface area contributed by atoms with Crippen molar-refractivity contribution in [2.45, 2.75) is 31.7 Å². The fourth-order valence-electron chi connectivity index (χ4n) is 4.37. The molecule has 1 aliphatic carbocycles. The molecule has 0 saturated heterocycles. The van der Waals surface area contributed by atoms with Crippen LogP contribution in [0.1, 0.15) is 41.3 Å². The summed E-state index contributed by atoms with van der Waals surface area (Å²) in [6.07, 6.45) is 6.78. The van der Waals surface area contributed by atoms with Crippen LogP contribution in [0.15, 0.2) is 78.9 Å². The monoisotopic (exact) mass is 462 g/mol. The molecule has 1 atom stereocenters. The van der Waals surface area contributed by atoms with Gasteiger partial charge in [0, 0.05) is 29.0 Å². The van der Waals surface area contributed by atoms with Crippen LogP contribution >= 0.6 is 0 Å². The average Bonchev–Trinajstić information content (AvgIpc) is 3.71. The molecule has 35 heavy (non-hydrogen) atoms. The molecule has 5 nitrogen and oxygen atoms in total. The summed E-state index contributed by atoms with van der Waals surface area (Å²) in [6.45, 7) is 5.21. The van der Waals surface area contributed by atoms with E-state index in [2.05, 4.69) is 17.8 Å². The SMILES string of the molecule is C#C[C@@H](C)C(=C)C(=O)C(=O)NCc1ccccc1C(=O)C(=N)C1(c2cccc3ccccc23)CC1. The molecule has 1 fully saturated rings. The quantitative estimate of drug-likeness (QED) is 0.158. The van der Waals surface area contributed by atoms with Gasteiger partial charge >= 0.3 is 0 Å². The van der Waals surface area contributed by atoms with Gasteiger partial charge in [0.25, 0.3) is 5.91 Å². The van der Waals surface area contributed by atoms with Crippen molar-refractivity contribution in [2.24, 2.45) is 5.92 Å². The van der Waals surface area contributed by atoms with Gasteiger partial charge in [-0.1, -0.05) is 79.2 Å². The highest BCUT2D eigenvalue weighted by atomic mass is 16.2. The van der Waals surface area contributed by atoms with Crippen molar-refractivity contribution in [1.82, 2.24) is 5.32 Å². The van der Waals surface area contributed by atoms with Crippen molar-refractivity contribution in [3.8, 4) is 12.3 Å². The number of nitrogens with one attached hydrogen (secondary N) is 2. The number of ketones is 2. The van der Waals surface area contributed by atoms with E-state index in [0.29, 0.717) is 11.1 Å². The van der Waals surface area contributed by atoms with Crippen LogP contribution < -0.4 is 5.32 Å². The van der Waals surface area contributed by atoms with E-state index in [-0.39, 0.29) is 23.6 Å². The number of terminal acetylenes is 1. The first-order valence-corrected chi connectivity index (χ1v) is 11.5. The Hall–Kier alpha value is -4.30. The van der Waals surface area contributed by atoms with Gasteiger partial charge in [-0.05, 0) is 41.7 Å². The van der Waals surface area contributed by atoms with Gasteiger partial charge in [-0.2, -0.15) is 0 Å². The molecule has 5 heteroatoms.